The van der Waals surface area contributed by atoms with Gasteiger partial charge in [0.15, 0.2) is 0 Å². The van der Waals surface area contributed by atoms with Crippen LogP contribution in [0, 0.1) is 5.82 Å². The minimum atomic E-state index is -0.363. The van der Waals surface area contributed by atoms with Gasteiger partial charge in [-0.25, -0.2) is 9.07 Å². The van der Waals surface area contributed by atoms with Gasteiger partial charge in [-0.15, -0.1) is 0 Å². The monoisotopic (exact) mass is 345 g/mol. The largest absolute Gasteiger partial charge is 0.320 e. The molecule has 1 aromatic heterocycles. The van der Waals surface area contributed by atoms with Gasteiger partial charge in [0.1, 0.15) is 5.82 Å². The molecule has 2 aromatic carbocycles. The first-order valence-corrected chi connectivity index (χ1v) is 7.25. The van der Waals surface area contributed by atoms with Gasteiger partial charge in [0, 0.05) is 16.2 Å². The lowest BCUT2D eigenvalue weighted by atomic mass is 10.0. The summed E-state index contributed by atoms with van der Waals surface area (Å²) in [7, 11) is 0. The zero-order valence-corrected chi connectivity index (χ0v) is 12.7. The van der Waals surface area contributed by atoms with Gasteiger partial charge in [0.2, 0.25) is 0 Å². The van der Waals surface area contributed by atoms with E-state index in [1.165, 1.54) is 12.1 Å². The van der Waals surface area contributed by atoms with Crippen molar-refractivity contribution < 1.29 is 4.39 Å². The fourth-order valence-corrected chi connectivity index (χ4v) is 2.75. The van der Waals surface area contributed by atoms with Gasteiger partial charge in [0.25, 0.3) is 0 Å². The fraction of sp³-hybridized carbons (Fsp3) is 0.0625. The van der Waals surface area contributed by atoms with E-state index in [0.29, 0.717) is 4.47 Å². The van der Waals surface area contributed by atoms with Crippen LogP contribution in [0.15, 0.2) is 65.4 Å². The summed E-state index contributed by atoms with van der Waals surface area (Å²) in [5.41, 5.74) is 8.91. The molecule has 0 fully saturated rings. The summed E-state index contributed by atoms with van der Waals surface area (Å²) in [6, 6.07) is 13.9. The highest BCUT2D eigenvalue weighted by Crippen LogP contribution is 2.27. The number of hydrogen-bond donors (Lipinski definition) is 1. The third kappa shape index (κ3) is 2.89. The summed E-state index contributed by atoms with van der Waals surface area (Å²) in [6.45, 7) is 0. The zero-order chi connectivity index (χ0) is 14.8. The van der Waals surface area contributed by atoms with Gasteiger partial charge >= 0.3 is 0 Å². The molecule has 0 aliphatic rings. The molecule has 0 saturated carbocycles. The number of para-hydroxylation sites is 1. The van der Waals surface area contributed by atoms with Crippen LogP contribution in [0.1, 0.15) is 17.2 Å². The summed E-state index contributed by atoms with van der Waals surface area (Å²) in [5.74, 6) is -0.294. The van der Waals surface area contributed by atoms with Gasteiger partial charge in [-0.05, 0) is 29.8 Å². The second-order valence-electron chi connectivity index (χ2n) is 4.70. The number of hydrogen-bond acceptors (Lipinski definition) is 2. The lowest BCUT2D eigenvalue weighted by Crippen LogP contribution is -2.12. The first kappa shape index (κ1) is 14.0. The molecule has 5 heteroatoms. The smallest absolute Gasteiger partial charge is 0.124 e. The molecule has 3 rings (SSSR count). The average Bonchev–Trinajstić information content (AvgIpc) is 2.97. The molecule has 0 bridgehead atoms. The number of halogens is 2. The van der Waals surface area contributed by atoms with Crippen molar-refractivity contribution in [2.24, 2.45) is 5.73 Å². The maximum absolute atomic E-state index is 13.2. The van der Waals surface area contributed by atoms with Crippen LogP contribution in [0.2, 0.25) is 0 Å². The van der Waals surface area contributed by atoms with E-state index in [9.17, 15) is 4.39 Å². The molecule has 1 unspecified atom stereocenters. The highest BCUT2D eigenvalue weighted by Gasteiger charge is 2.15. The van der Waals surface area contributed by atoms with Gasteiger partial charge in [-0.2, -0.15) is 5.10 Å². The molecule has 1 heterocycles. The molecular formula is C16H13BrFN3. The minimum absolute atomic E-state index is 0.294. The van der Waals surface area contributed by atoms with Crippen molar-refractivity contribution in [1.82, 2.24) is 9.78 Å². The number of rotatable bonds is 3. The third-order valence-electron chi connectivity index (χ3n) is 3.28. The predicted octanol–water partition coefficient (Wildman–Crippen LogP) is 3.82. The van der Waals surface area contributed by atoms with Gasteiger partial charge in [-0.1, -0.05) is 40.2 Å². The van der Waals surface area contributed by atoms with Gasteiger partial charge in [0.05, 0.1) is 17.9 Å². The molecule has 1 atom stereocenters. The SMILES string of the molecule is NC(c1cnn(-c2ccccc2)c1)c1ccc(F)cc1Br. The Kier molecular flexibility index (Phi) is 3.86. The van der Waals surface area contributed by atoms with Crippen molar-refractivity contribution in [2.45, 2.75) is 6.04 Å². The number of benzene rings is 2. The van der Waals surface area contributed by atoms with E-state index < -0.39 is 0 Å². The van der Waals surface area contributed by atoms with Crippen LogP contribution in [-0.4, -0.2) is 9.78 Å². The predicted molar refractivity (Wildman–Crippen MR) is 83.7 cm³/mol. The molecule has 106 valence electrons. The van der Waals surface area contributed by atoms with Crippen molar-refractivity contribution in [2.75, 3.05) is 0 Å². The Hall–Kier alpha value is -1.98. The summed E-state index contributed by atoms with van der Waals surface area (Å²) in [6.07, 6.45) is 3.61. The topological polar surface area (TPSA) is 43.8 Å². The quantitative estimate of drug-likeness (QED) is 0.784. The average molecular weight is 346 g/mol. The van der Waals surface area contributed by atoms with Crippen LogP contribution >= 0.6 is 15.9 Å². The van der Waals surface area contributed by atoms with Crippen LogP contribution in [-0.2, 0) is 0 Å². The van der Waals surface area contributed by atoms with Crippen molar-refractivity contribution in [3.63, 3.8) is 0 Å². The van der Waals surface area contributed by atoms with E-state index >= 15 is 0 Å². The third-order valence-corrected chi connectivity index (χ3v) is 3.97. The van der Waals surface area contributed by atoms with Gasteiger partial charge in [-0.3, -0.25) is 0 Å². The lowest BCUT2D eigenvalue weighted by Gasteiger charge is -2.12. The van der Waals surface area contributed by atoms with Crippen LogP contribution in [0.25, 0.3) is 5.69 Å². The molecule has 0 spiro atoms. The van der Waals surface area contributed by atoms with Crippen molar-refractivity contribution in [1.29, 1.82) is 0 Å². The Labute approximate surface area is 130 Å². The molecule has 21 heavy (non-hydrogen) atoms. The maximum Gasteiger partial charge on any atom is 0.124 e. The minimum Gasteiger partial charge on any atom is -0.320 e. The Bertz CT molecular complexity index is 755. The Balaban J connectivity index is 1.92. The van der Waals surface area contributed by atoms with Crippen LogP contribution in [0.5, 0.6) is 0 Å². The first-order valence-electron chi connectivity index (χ1n) is 6.45. The van der Waals surface area contributed by atoms with E-state index in [1.54, 1.807) is 16.9 Å². The molecule has 0 radical (unpaired) electrons. The molecule has 2 N–H and O–H groups in total. The second-order valence-corrected chi connectivity index (χ2v) is 5.55. The van der Waals surface area contributed by atoms with Crippen LogP contribution in [0.4, 0.5) is 4.39 Å². The molecule has 3 aromatic rings. The van der Waals surface area contributed by atoms with Crippen molar-refractivity contribution in [3.8, 4) is 5.69 Å². The summed E-state index contributed by atoms with van der Waals surface area (Å²) < 4.78 is 15.6. The number of nitrogens with zero attached hydrogens (tertiary/aromatic N) is 2. The van der Waals surface area contributed by atoms with E-state index in [1.807, 2.05) is 36.5 Å². The summed E-state index contributed by atoms with van der Waals surface area (Å²) >= 11 is 3.35. The molecule has 0 aliphatic carbocycles. The zero-order valence-electron chi connectivity index (χ0n) is 11.1. The van der Waals surface area contributed by atoms with Crippen LogP contribution < -0.4 is 5.73 Å². The molecule has 3 nitrogen and oxygen atoms in total. The second kappa shape index (κ2) is 5.79. The standard InChI is InChI=1S/C16H13BrFN3/c17-15-8-12(18)6-7-14(15)16(19)11-9-20-21(10-11)13-4-2-1-3-5-13/h1-10,16H,19H2. The molecular weight excluding hydrogens is 333 g/mol. The summed E-state index contributed by atoms with van der Waals surface area (Å²) in [5, 5.41) is 4.33. The number of nitrogens with two attached hydrogens (primary N) is 1. The highest BCUT2D eigenvalue weighted by molar-refractivity contribution is 9.10. The van der Waals surface area contributed by atoms with E-state index in [-0.39, 0.29) is 11.9 Å². The van der Waals surface area contributed by atoms with Gasteiger partial charge < -0.3 is 5.73 Å². The van der Waals surface area contributed by atoms with Crippen molar-refractivity contribution >= 4 is 15.9 Å². The van der Waals surface area contributed by atoms with E-state index in [2.05, 4.69) is 21.0 Å². The fourth-order valence-electron chi connectivity index (χ4n) is 2.15. The molecule has 0 amide bonds. The van der Waals surface area contributed by atoms with Crippen molar-refractivity contribution in [3.05, 3.63) is 82.3 Å². The Morgan fingerprint density at radius 1 is 1.14 bits per heavy atom. The maximum atomic E-state index is 13.2. The van der Waals surface area contributed by atoms with E-state index in [4.69, 9.17) is 5.73 Å². The Morgan fingerprint density at radius 3 is 2.62 bits per heavy atom. The highest BCUT2D eigenvalue weighted by atomic mass is 79.9. The van der Waals surface area contributed by atoms with Crippen LogP contribution in [0.3, 0.4) is 0 Å². The number of aromatic nitrogens is 2. The summed E-state index contributed by atoms with van der Waals surface area (Å²) in [4.78, 5) is 0. The molecule has 0 saturated heterocycles. The normalized spacial score (nSPS) is 12.3. The Morgan fingerprint density at radius 2 is 1.90 bits per heavy atom. The lowest BCUT2D eigenvalue weighted by molar-refractivity contribution is 0.625. The molecule has 0 aliphatic heterocycles. The van der Waals surface area contributed by atoms with E-state index in [0.717, 1.165) is 16.8 Å². The first-order chi connectivity index (χ1) is 10.1.